The summed E-state index contributed by atoms with van der Waals surface area (Å²) < 4.78 is 5.36. The smallest absolute Gasteiger partial charge is 0.251 e. The Kier molecular flexibility index (Phi) is 5.99. The molecule has 0 aliphatic carbocycles. The van der Waals surface area contributed by atoms with Gasteiger partial charge in [0, 0.05) is 12.1 Å². The van der Waals surface area contributed by atoms with Crippen LogP contribution in [0.2, 0.25) is 0 Å². The molecule has 0 radical (unpaired) electrons. The largest absolute Gasteiger partial charge is 0.372 e. The molecule has 0 spiro atoms. The Hall–Kier alpha value is -1.10. The molecule has 1 amide bonds. The van der Waals surface area contributed by atoms with Crippen LogP contribution >= 0.6 is 12.4 Å². The van der Waals surface area contributed by atoms with E-state index >= 15 is 0 Å². The molecule has 2 rings (SSSR count). The Balaban J connectivity index is 0.00000200. The van der Waals surface area contributed by atoms with Crippen molar-refractivity contribution >= 4 is 18.3 Å². The van der Waals surface area contributed by atoms with Crippen molar-refractivity contribution in [2.45, 2.75) is 45.4 Å². The van der Waals surface area contributed by atoms with E-state index in [1.165, 1.54) is 5.56 Å². The van der Waals surface area contributed by atoms with Gasteiger partial charge >= 0.3 is 0 Å². The van der Waals surface area contributed by atoms with Crippen molar-refractivity contribution in [1.82, 2.24) is 5.32 Å². The molecule has 0 bridgehead atoms. The van der Waals surface area contributed by atoms with Gasteiger partial charge in [0.2, 0.25) is 0 Å². The van der Waals surface area contributed by atoms with Crippen LogP contribution < -0.4 is 11.1 Å². The number of nitrogens with one attached hydrogen (secondary N) is 1. The molecular formula is C15H23ClN2O2. The molecule has 0 saturated carbocycles. The van der Waals surface area contributed by atoms with Crippen LogP contribution in [0, 0.1) is 0 Å². The molecule has 0 saturated heterocycles. The fourth-order valence-electron chi connectivity index (χ4n) is 2.39. The molecule has 1 aliphatic heterocycles. The molecule has 5 heteroatoms. The van der Waals surface area contributed by atoms with E-state index in [9.17, 15) is 4.79 Å². The van der Waals surface area contributed by atoms with Crippen molar-refractivity contribution in [3.8, 4) is 0 Å². The van der Waals surface area contributed by atoms with Gasteiger partial charge in [0.25, 0.3) is 5.91 Å². The van der Waals surface area contributed by atoms with E-state index in [0.717, 1.165) is 18.4 Å². The van der Waals surface area contributed by atoms with Gasteiger partial charge in [-0.3, -0.25) is 4.79 Å². The van der Waals surface area contributed by atoms with Crippen LogP contribution in [0.1, 0.15) is 48.2 Å². The van der Waals surface area contributed by atoms with Crippen molar-refractivity contribution in [3.63, 3.8) is 0 Å². The number of ether oxygens (including phenoxy) is 1. The molecule has 0 atom stereocenters. The fourth-order valence-corrected chi connectivity index (χ4v) is 2.39. The number of benzene rings is 1. The highest BCUT2D eigenvalue weighted by molar-refractivity contribution is 5.95. The van der Waals surface area contributed by atoms with E-state index in [-0.39, 0.29) is 23.9 Å². The minimum Gasteiger partial charge on any atom is -0.372 e. The summed E-state index contributed by atoms with van der Waals surface area (Å²) in [6.45, 7) is 5.80. The Labute approximate surface area is 126 Å². The van der Waals surface area contributed by atoms with Gasteiger partial charge in [0.05, 0.1) is 18.8 Å². The van der Waals surface area contributed by atoms with E-state index in [2.05, 4.69) is 5.32 Å². The monoisotopic (exact) mass is 298 g/mol. The van der Waals surface area contributed by atoms with Crippen molar-refractivity contribution in [3.05, 3.63) is 34.9 Å². The maximum atomic E-state index is 12.3. The first-order valence-electron chi connectivity index (χ1n) is 6.86. The van der Waals surface area contributed by atoms with Crippen LogP contribution in [-0.2, 0) is 18.0 Å². The van der Waals surface area contributed by atoms with E-state index < -0.39 is 0 Å². The molecule has 1 aromatic carbocycles. The third-order valence-electron chi connectivity index (χ3n) is 4.11. The number of amides is 1. The van der Waals surface area contributed by atoms with Gasteiger partial charge < -0.3 is 15.8 Å². The molecule has 3 N–H and O–H groups in total. The lowest BCUT2D eigenvalue weighted by Gasteiger charge is -2.31. The standard InChI is InChI=1S/C15H22N2O2.ClH/c1-3-15(4-2,10-16)17-14(18)11-5-6-12-8-19-9-13(12)7-11;/h5-7H,3-4,8-10,16H2,1-2H3,(H,17,18);1H. The van der Waals surface area contributed by atoms with Crippen molar-refractivity contribution < 1.29 is 9.53 Å². The summed E-state index contributed by atoms with van der Waals surface area (Å²) in [6, 6.07) is 5.75. The molecule has 112 valence electrons. The Morgan fingerprint density at radius 2 is 1.95 bits per heavy atom. The summed E-state index contributed by atoms with van der Waals surface area (Å²) in [7, 11) is 0. The number of hydrogen-bond donors (Lipinski definition) is 2. The minimum atomic E-state index is -0.299. The minimum absolute atomic E-state index is 0. The van der Waals surface area contributed by atoms with Gasteiger partial charge in [0.1, 0.15) is 0 Å². The predicted octanol–water partition coefficient (Wildman–Crippen LogP) is 2.39. The molecule has 1 aromatic rings. The Morgan fingerprint density at radius 3 is 2.55 bits per heavy atom. The summed E-state index contributed by atoms with van der Waals surface area (Å²) >= 11 is 0. The number of carbonyl (C=O) groups is 1. The zero-order valence-corrected chi connectivity index (χ0v) is 12.9. The second-order valence-electron chi connectivity index (χ2n) is 5.12. The SMILES string of the molecule is CCC(CC)(CN)NC(=O)c1ccc2c(c1)COC2.Cl. The van der Waals surface area contributed by atoms with Gasteiger partial charge in [-0.1, -0.05) is 19.9 Å². The number of hydrogen-bond acceptors (Lipinski definition) is 3. The normalized spacial score (nSPS) is 13.6. The zero-order valence-electron chi connectivity index (χ0n) is 12.1. The average Bonchev–Trinajstić information content (AvgIpc) is 2.92. The first-order chi connectivity index (χ1) is 9.14. The summed E-state index contributed by atoms with van der Waals surface area (Å²) in [5, 5.41) is 3.08. The molecule has 4 nitrogen and oxygen atoms in total. The third-order valence-corrected chi connectivity index (χ3v) is 4.11. The van der Waals surface area contributed by atoms with Gasteiger partial charge in [0.15, 0.2) is 0 Å². The lowest BCUT2D eigenvalue weighted by atomic mass is 9.92. The van der Waals surface area contributed by atoms with Crippen LogP contribution in [0.3, 0.4) is 0 Å². The molecule has 0 aromatic heterocycles. The van der Waals surface area contributed by atoms with Gasteiger partial charge in [-0.05, 0) is 36.1 Å². The Bertz CT molecular complexity index is 465. The lowest BCUT2D eigenvalue weighted by molar-refractivity contribution is 0.0895. The zero-order chi connectivity index (χ0) is 13.9. The van der Waals surface area contributed by atoms with Crippen molar-refractivity contribution in [1.29, 1.82) is 0 Å². The maximum absolute atomic E-state index is 12.3. The van der Waals surface area contributed by atoms with Gasteiger partial charge in [-0.15, -0.1) is 12.4 Å². The highest BCUT2D eigenvalue weighted by atomic mass is 35.5. The first kappa shape index (κ1) is 17.0. The lowest BCUT2D eigenvalue weighted by Crippen LogP contribution is -2.52. The van der Waals surface area contributed by atoms with Crippen molar-refractivity contribution in [2.24, 2.45) is 5.73 Å². The van der Waals surface area contributed by atoms with E-state index in [0.29, 0.717) is 25.3 Å². The molecule has 0 unspecified atom stereocenters. The second kappa shape index (κ2) is 7.07. The van der Waals surface area contributed by atoms with Crippen LogP contribution in [-0.4, -0.2) is 18.0 Å². The molecular weight excluding hydrogens is 276 g/mol. The number of nitrogens with two attached hydrogens (primary N) is 1. The number of halogens is 1. The van der Waals surface area contributed by atoms with Crippen LogP contribution in [0.15, 0.2) is 18.2 Å². The molecule has 20 heavy (non-hydrogen) atoms. The topological polar surface area (TPSA) is 64.3 Å². The summed E-state index contributed by atoms with van der Waals surface area (Å²) in [4.78, 5) is 12.3. The van der Waals surface area contributed by atoms with Gasteiger partial charge in [-0.2, -0.15) is 0 Å². The highest BCUT2D eigenvalue weighted by Crippen LogP contribution is 2.21. The third kappa shape index (κ3) is 3.32. The van der Waals surface area contributed by atoms with E-state index in [1.807, 2.05) is 32.0 Å². The number of carbonyl (C=O) groups excluding carboxylic acids is 1. The molecule has 1 heterocycles. The summed E-state index contributed by atoms with van der Waals surface area (Å²) in [5.41, 5.74) is 8.48. The van der Waals surface area contributed by atoms with Crippen LogP contribution in [0.4, 0.5) is 0 Å². The average molecular weight is 299 g/mol. The molecule has 0 fully saturated rings. The van der Waals surface area contributed by atoms with E-state index in [1.54, 1.807) is 0 Å². The quantitative estimate of drug-likeness (QED) is 0.877. The van der Waals surface area contributed by atoms with Crippen molar-refractivity contribution in [2.75, 3.05) is 6.54 Å². The Morgan fingerprint density at radius 1 is 1.30 bits per heavy atom. The number of fused-ring (bicyclic) bond motifs is 1. The maximum Gasteiger partial charge on any atom is 0.251 e. The second-order valence-corrected chi connectivity index (χ2v) is 5.12. The molecule has 1 aliphatic rings. The van der Waals surface area contributed by atoms with E-state index in [4.69, 9.17) is 10.5 Å². The van der Waals surface area contributed by atoms with Crippen LogP contribution in [0.25, 0.3) is 0 Å². The van der Waals surface area contributed by atoms with Gasteiger partial charge in [-0.25, -0.2) is 0 Å². The highest BCUT2D eigenvalue weighted by Gasteiger charge is 2.27. The van der Waals surface area contributed by atoms with Crippen LogP contribution in [0.5, 0.6) is 0 Å². The fraction of sp³-hybridized carbons (Fsp3) is 0.533. The predicted molar refractivity (Wildman–Crippen MR) is 82.0 cm³/mol. The summed E-state index contributed by atoms with van der Waals surface area (Å²) in [6.07, 6.45) is 1.67. The first-order valence-corrected chi connectivity index (χ1v) is 6.86. The number of rotatable bonds is 5. The summed E-state index contributed by atoms with van der Waals surface area (Å²) in [5.74, 6) is -0.0520.